The molecule has 0 heterocycles. The first-order chi connectivity index (χ1) is 5.02. The first kappa shape index (κ1) is 10.6. The van der Waals surface area contributed by atoms with E-state index in [9.17, 15) is 9.00 Å². The Labute approximate surface area is 68.2 Å². The fourth-order valence-corrected chi connectivity index (χ4v) is 0.687. The Hall–Kier alpha value is -0.420. The highest BCUT2D eigenvalue weighted by Gasteiger charge is 2.07. The van der Waals surface area contributed by atoms with Crippen LogP contribution in [0.2, 0.25) is 0 Å². The van der Waals surface area contributed by atoms with Gasteiger partial charge in [0.2, 0.25) is 0 Å². The van der Waals surface area contributed by atoms with Crippen LogP contribution >= 0.6 is 0 Å². The van der Waals surface area contributed by atoms with Gasteiger partial charge in [-0.25, -0.2) is 4.21 Å². The third-order valence-corrected chi connectivity index (χ3v) is 1.30. The number of carbonyl (C=O) groups is 1. The lowest BCUT2D eigenvalue weighted by atomic mass is 10.2. The Kier molecular flexibility index (Phi) is 5.06. The van der Waals surface area contributed by atoms with Crippen LogP contribution in [-0.2, 0) is 20.6 Å². The second kappa shape index (κ2) is 5.26. The number of ether oxygens (including phenoxy) is 1. The van der Waals surface area contributed by atoms with E-state index in [4.69, 9.17) is 4.55 Å². The summed E-state index contributed by atoms with van der Waals surface area (Å²) < 4.78 is 22.9. The van der Waals surface area contributed by atoms with Crippen molar-refractivity contribution in [1.29, 1.82) is 0 Å². The van der Waals surface area contributed by atoms with E-state index in [-0.39, 0.29) is 5.92 Å². The Morgan fingerprint density at radius 1 is 1.64 bits per heavy atom. The SMILES string of the molecule is CC(C)COC(=O)CS(=O)O. The molecule has 0 saturated heterocycles. The van der Waals surface area contributed by atoms with Crippen molar-refractivity contribution in [2.75, 3.05) is 12.4 Å². The molecule has 4 nitrogen and oxygen atoms in total. The average molecular weight is 180 g/mol. The summed E-state index contributed by atoms with van der Waals surface area (Å²) in [6.07, 6.45) is 0. The van der Waals surface area contributed by atoms with Crippen molar-refractivity contribution >= 4 is 17.0 Å². The first-order valence-electron chi connectivity index (χ1n) is 3.25. The summed E-state index contributed by atoms with van der Waals surface area (Å²) >= 11 is -2.08. The van der Waals surface area contributed by atoms with Crippen molar-refractivity contribution in [3.63, 3.8) is 0 Å². The highest BCUT2D eigenvalue weighted by Crippen LogP contribution is 1.93. The van der Waals surface area contributed by atoms with E-state index in [1.807, 2.05) is 13.8 Å². The van der Waals surface area contributed by atoms with E-state index in [1.165, 1.54) is 0 Å². The van der Waals surface area contributed by atoms with E-state index in [0.29, 0.717) is 6.61 Å². The van der Waals surface area contributed by atoms with Crippen molar-refractivity contribution in [1.82, 2.24) is 0 Å². The quantitative estimate of drug-likeness (QED) is 0.502. The maximum Gasteiger partial charge on any atom is 0.320 e. The predicted octanol–water partition coefficient (Wildman–Crippen LogP) is 0.407. The number of rotatable bonds is 4. The van der Waals surface area contributed by atoms with Crippen molar-refractivity contribution < 1.29 is 18.3 Å². The molecule has 11 heavy (non-hydrogen) atoms. The average Bonchev–Trinajstić information content (AvgIpc) is 1.82. The van der Waals surface area contributed by atoms with Crippen LogP contribution in [0.15, 0.2) is 0 Å². The summed E-state index contributed by atoms with van der Waals surface area (Å²) in [6, 6.07) is 0. The lowest BCUT2D eigenvalue weighted by Gasteiger charge is -2.04. The summed E-state index contributed by atoms with van der Waals surface area (Å²) in [6.45, 7) is 4.09. The number of hydrogen-bond donors (Lipinski definition) is 1. The van der Waals surface area contributed by atoms with Gasteiger partial charge in [-0.1, -0.05) is 13.8 Å². The molecule has 0 bridgehead atoms. The van der Waals surface area contributed by atoms with Gasteiger partial charge in [0.1, 0.15) is 5.75 Å². The summed E-state index contributed by atoms with van der Waals surface area (Å²) in [5, 5.41) is 0. The molecule has 1 atom stereocenters. The topological polar surface area (TPSA) is 63.6 Å². The number of hydrogen-bond acceptors (Lipinski definition) is 3. The van der Waals surface area contributed by atoms with Gasteiger partial charge in [-0.3, -0.25) is 4.79 Å². The molecule has 0 rings (SSSR count). The highest BCUT2D eigenvalue weighted by molar-refractivity contribution is 7.80. The van der Waals surface area contributed by atoms with Crippen LogP contribution in [-0.4, -0.2) is 27.1 Å². The van der Waals surface area contributed by atoms with Crippen LogP contribution in [0.4, 0.5) is 0 Å². The number of esters is 1. The lowest BCUT2D eigenvalue weighted by molar-refractivity contribution is -0.141. The zero-order valence-electron chi connectivity index (χ0n) is 6.57. The lowest BCUT2D eigenvalue weighted by Crippen LogP contribution is -2.16. The smallest absolute Gasteiger partial charge is 0.320 e. The molecule has 0 aromatic heterocycles. The van der Waals surface area contributed by atoms with Crippen LogP contribution in [0.1, 0.15) is 13.8 Å². The van der Waals surface area contributed by atoms with Crippen LogP contribution in [0.25, 0.3) is 0 Å². The highest BCUT2D eigenvalue weighted by atomic mass is 32.2. The predicted molar refractivity (Wildman–Crippen MR) is 41.4 cm³/mol. The first-order valence-corrected chi connectivity index (χ1v) is 4.53. The van der Waals surface area contributed by atoms with E-state index >= 15 is 0 Å². The van der Waals surface area contributed by atoms with E-state index in [0.717, 1.165) is 0 Å². The Morgan fingerprint density at radius 2 is 2.18 bits per heavy atom. The maximum atomic E-state index is 10.6. The van der Waals surface area contributed by atoms with Gasteiger partial charge in [-0.2, -0.15) is 0 Å². The van der Waals surface area contributed by atoms with Crippen LogP contribution in [0.3, 0.4) is 0 Å². The van der Waals surface area contributed by atoms with Crippen LogP contribution in [0, 0.1) is 5.92 Å². The standard InChI is InChI=1S/C6H12O4S/c1-5(2)3-10-6(7)4-11(8)9/h5H,3-4H2,1-2H3,(H,8,9). The van der Waals surface area contributed by atoms with Crippen molar-refractivity contribution in [2.24, 2.45) is 5.92 Å². The van der Waals surface area contributed by atoms with Gasteiger partial charge in [-0.05, 0) is 5.92 Å². The van der Waals surface area contributed by atoms with Gasteiger partial charge in [0.25, 0.3) is 0 Å². The van der Waals surface area contributed by atoms with Gasteiger partial charge in [-0.15, -0.1) is 0 Å². The van der Waals surface area contributed by atoms with Gasteiger partial charge in [0, 0.05) is 0 Å². The normalized spacial score (nSPS) is 13.1. The van der Waals surface area contributed by atoms with Crippen molar-refractivity contribution in [3.05, 3.63) is 0 Å². The summed E-state index contributed by atoms with van der Waals surface area (Å²) in [7, 11) is 0. The second-order valence-electron chi connectivity index (χ2n) is 2.54. The maximum absolute atomic E-state index is 10.6. The van der Waals surface area contributed by atoms with Crippen LogP contribution in [0.5, 0.6) is 0 Å². The molecule has 0 saturated carbocycles. The Morgan fingerprint density at radius 3 is 2.55 bits per heavy atom. The third-order valence-electron chi connectivity index (χ3n) is 0.819. The number of carbonyl (C=O) groups excluding carboxylic acids is 1. The molecule has 0 amide bonds. The molecular weight excluding hydrogens is 168 g/mol. The minimum absolute atomic E-state index is 0.256. The molecule has 1 unspecified atom stereocenters. The molecule has 0 aliphatic carbocycles. The monoisotopic (exact) mass is 180 g/mol. The van der Waals surface area contributed by atoms with Gasteiger partial charge >= 0.3 is 5.97 Å². The van der Waals surface area contributed by atoms with Crippen molar-refractivity contribution in [3.8, 4) is 0 Å². The van der Waals surface area contributed by atoms with E-state index < -0.39 is 22.8 Å². The minimum Gasteiger partial charge on any atom is -0.465 e. The summed E-state index contributed by atoms with van der Waals surface area (Å²) in [5.74, 6) is -0.808. The summed E-state index contributed by atoms with van der Waals surface area (Å²) in [5.41, 5.74) is 0. The molecule has 0 fully saturated rings. The molecular formula is C6H12O4S. The van der Waals surface area contributed by atoms with Crippen LogP contribution < -0.4 is 0 Å². The Balaban J connectivity index is 3.46. The molecule has 66 valence electrons. The fraction of sp³-hybridized carbons (Fsp3) is 0.833. The van der Waals surface area contributed by atoms with Gasteiger partial charge in [0.15, 0.2) is 11.1 Å². The zero-order chi connectivity index (χ0) is 8.85. The summed E-state index contributed by atoms with van der Waals surface area (Å²) in [4.78, 5) is 10.6. The Bertz CT molecular complexity index is 155. The largest absolute Gasteiger partial charge is 0.465 e. The molecule has 1 N–H and O–H groups in total. The van der Waals surface area contributed by atoms with Gasteiger partial charge in [0.05, 0.1) is 6.61 Å². The molecule has 0 radical (unpaired) electrons. The fourth-order valence-electron chi connectivity index (χ4n) is 0.402. The van der Waals surface area contributed by atoms with Gasteiger partial charge < -0.3 is 9.29 Å². The molecule has 0 aromatic carbocycles. The molecule has 0 aromatic rings. The third kappa shape index (κ3) is 7.48. The molecule has 5 heteroatoms. The van der Waals surface area contributed by atoms with E-state index in [2.05, 4.69) is 4.74 Å². The zero-order valence-corrected chi connectivity index (χ0v) is 7.39. The second-order valence-corrected chi connectivity index (χ2v) is 3.47. The minimum atomic E-state index is -2.08. The van der Waals surface area contributed by atoms with Crippen molar-refractivity contribution in [2.45, 2.75) is 13.8 Å². The molecule has 0 aliphatic heterocycles. The van der Waals surface area contributed by atoms with E-state index in [1.54, 1.807) is 0 Å². The molecule has 0 aliphatic rings. The molecule has 0 spiro atoms.